The molecule has 122 valence electrons. The van der Waals surface area contributed by atoms with Crippen LogP contribution in [-0.4, -0.2) is 30.3 Å². The van der Waals surface area contributed by atoms with Crippen molar-refractivity contribution in [2.24, 2.45) is 0 Å². The molecule has 23 heavy (non-hydrogen) atoms. The van der Waals surface area contributed by atoms with Gasteiger partial charge in [0.05, 0.1) is 12.7 Å². The van der Waals surface area contributed by atoms with Crippen LogP contribution < -0.4 is 10.1 Å². The minimum Gasteiger partial charge on any atom is -0.494 e. The first-order chi connectivity index (χ1) is 11.2. The first kappa shape index (κ1) is 17.0. The first-order valence-electron chi connectivity index (χ1n) is 7.92. The number of hydrogen-bond acceptors (Lipinski definition) is 3. The normalized spacial score (nSPS) is 11.7. The number of carbonyl (C=O) groups excluding carboxylic acids is 1. The minimum absolute atomic E-state index is 0.209. The lowest BCUT2D eigenvalue weighted by molar-refractivity contribution is 0.0915. The maximum Gasteiger partial charge on any atom is 0.251 e. The topological polar surface area (TPSA) is 58.6 Å². The van der Waals surface area contributed by atoms with Gasteiger partial charge in [0.1, 0.15) is 5.75 Å². The van der Waals surface area contributed by atoms with Crippen LogP contribution in [-0.2, 0) is 6.42 Å². The molecular weight excluding hydrogens is 290 g/mol. The third-order valence-electron chi connectivity index (χ3n) is 3.38. The minimum atomic E-state index is -0.610. The van der Waals surface area contributed by atoms with E-state index >= 15 is 0 Å². The van der Waals surface area contributed by atoms with Crippen LogP contribution in [0.15, 0.2) is 54.6 Å². The van der Waals surface area contributed by atoms with E-state index in [0.29, 0.717) is 24.3 Å². The number of amides is 1. The van der Waals surface area contributed by atoms with Crippen molar-refractivity contribution in [2.45, 2.75) is 25.9 Å². The standard InChI is InChI=1S/C19H23NO3/c1-2-11-23-18-10-6-9-16(13-18)19(22)20-14-17(21)12-15-7-4-3-5-8-15/h3-10,13,17,21H,2,11-12,14H2,1H3,(H,20,22). The maximum absolute atomic E-state index is 12.1. The van der Waals surface area contributed by atoms with Crippen molar-refractivity contribution in [3.63, 3.8) is 0 Å². The molecule has 2 aromatic carbocycles. The lowest BCUT2D eigenvalue weighted by atomic mass is 10.1. The number of aliphatic hydroxyl groups excluding tert-OH is 1. The zero-order chi connectivity index (χ0) is 16.5. The second kappa shape index (κ2) is 8.96. The van der Waals surface area contributed by atoms with Gasteiger partial charge in [-0.25, -0.2) is 0 Å². The summed E-state index contributed by atoms with van der Waals surface area (Å²) >= 11 is 0. The van der Waals surface area contributed by atoms with E-state index < -0.39 is 6.10 Å². The van der Waals surface area contributed by atoms with E-state index in [1.807, 2.05) is 43.3 Å². The fraction of sp³-hybridized carbons (Fsp3) is 0.316. The summed E-state index contributed by atoms with van der Waals surface area (Å²) in [5, 5.41) is 12.8. The number of hydrogen-bond donors (Lipinski definition) is 2. The van der Waals surface area contributed by atoms with E-state index in [0.717, 1.165) is 12.0 Å². The van der Waals surface area contributed by atoms with Crippen molar-refractivity contribution >= 4 is 5.91 Å². The fourth-order valence-electron chi connectivity index (χ4n) is 2.22. The Kier molecular flexibility index (Phi) is 6.63. The Morgan fingerprint density at radius 1 is 1.17 bits per heavy atom. The van der Waals surface area contributed by atoms with Gasteiger partial charge in [0, 0.05) is 18.5 Å². The second-order valence-corrected chi connectivity index (χ2v) is 5.43. The average molecular weight is 313 g/mol. The van der Waals surface area contributed by atoms with Gasteiger partial charge in [-0.1, -0.05) is 43.3 Å². The molecule has 0 radical (unpaired) electrons. The smallest absolute Gasteiger partial charge is 0.251 e. The van der Waals surface area contributed by atoms with E-state index in [1.165, 1.54) is 0 Å². The van der Waals surface area contributed by atoms with Crippen molar-refractivity contribution < 1.29 is 14.6 Å². The molecule has 2 rings (SSSR count). The number of ether oxygens (including phenoxy) is 1. The van der Waals surface area contributed by atoms with Gasteiger partial charge in [0.15, 0.2) is 0 Å². The van der Waals surface area contributed by atoms with Gasteiger partial charge in [0.25, 0.3) is 5.91 Å². The Morgan fingerprint density at radius 3 is 2.70 bits per heavy atom. The SMILES string of the molecule is CCCOc1cccc(C(=O)NCC(O)Cc2ccccc2)c1. The quantitative estimate of drug-likeness (QED) is 0.788. The van der Waals surface area contributed by atoms with Crippen LogP contribution in [0, 0.1) is 0 Å². The van der Waals surface area contributed by atoms with Gasteiger partial charge in [0.2, 0.25) is 0 Å². The van der Waals surface area contributed by atoms with Gasteiger partial charge < -0.3 is 15.2 Å². The van der Waals surface area contributed by atoms with Crippen LogP contribution in [0.2, 0.25) is 0 Å². The summed E-state index contributed by atoms with van der Waals surface area (Å²) < 4.78 is 5.52. The summed E-state index contributed by atoms with van der Waals surface area (Å²) in [5.74, 6) is 0.475. The highest BCUT2D eigenvalue weighted by Gasteiger charge is 2.10. The zero-order valence-corrected chi connectivity index (χ0v) is 13.4. The Morgan fingerprint density at radius 2 is 1.96 bits per heavy atom. The fourth-order valence-corrected chi connectivity index (χ4v) is 2.22. The molecule has 1 amide bonds. The van der Waals surface area contributed by atoms with Crippen LogP contribution in [0.1, 0.15) is 29.3 Å². The Hall–Kier alpha value is -2.33. The predicted molar refractivity (Wildman–Crippen MR) is 90.7 cm³/mol. The molecule has 2 N–H and O–H groups in total. The predicted octanol–water partition coefficient (Wildman–Crippen LogP) is 2.81. The summed E-state index contributed by atoms with van der Waals surface area (Å²) in [5.41, 5.74) is 1.58. The number of carbonyl (C=O) groups is 1. The third kappa shape index (κ3) is 5.75. The highest BCUT2D eigenvalue weighted by molar-refractivity contribution is 5.94. The van der Waals surface area contributed by atoms with Crippen LogP contribution >= 0.6 is 0 Å². The molecule has 0 bridgehead atoms. The molecule has 2 aromatic rings. The molecule has 0 heterocycles. The summed E-state index contributed by atoms with van der Waals surface area (Å²) in [7, 11) is 0. The summed E-state index contributed by atoms with van der Waals surface area (Å²) in [6.45, 7) is 2.87. The Labute approximate surface area is 137 Å². The van der Waals surface area contributed by atoms with Gasteiger partial charge >= 0.3 is 0 Å². The first-order valence-corrected chi connectivity index (χ1v) is 7.92. The van der Waals surface area contributed by atoms with E-state index in [2.05, 4.69) is 5.32 Å². The summed E-state index contributed by atoms with van der Waals surface area (Å²) in [6, 6.07) is 16.8. The Bertz CT molecular complexity index is 613. The molecule has 0 aromatic heterocycles. The lowest BCUT2D eigenvalue weighted by Gasteiger charge is -2.12. The molecule has 0 aliphatic carbocycles. The van der Waals surface area contributed by atoms with E-state index in [9.17, 15) is 9.90 Å². The molecule has 0 aliphatic heterocycles. The van der Waals surface area contributed by atoms with Gasteiger partial charge in [-0.2, -0.15) is 0 Å². The van der Waals surface area contributed by atoms with Gasteiger partial charge in [-0.05, 0) is 30.2 Å². The zero-order valence-electron chi connectivity index (χ0n) is 13.4. The molecule has 4 heteroatoms. The van der Waals surface area contributed by atoms with Crippen LogP contribution in [0.4, 0.5) is 0 Å². The third-order valence-corrected chi connectivity index (χ3v) is 3.38. The molecule has 1 atom stereocenters. The van der Waals surface area contributed by atoms with E-state index in [-0.39, 0.29) is 12.5 Å². The van der Waals surface area contributed by atoms with Crippen molar-refractivity contribution in [2.75, 3.05) is 13.2 Å². The summed E-state index contributed by atoms with van der Waals surface area (Å²) in [6.07, 6.45) is 0.823. The lowest BCUT2D eigenvalue weighted by Crippen LogP contribution is -2.33. The molecule has 0 saturated carbocycles. The van der Waals surface area contributed by atoms with Crippen molar-refractivity contribution in [3.8, 4) is 5.75 Å². The second-order valence-electron chi connectivity index (χ2n) is 5.43. The molecule has 4 nitrogen and oxygen atoms in total. The van der Waals surface area contributed by atoms with E-state index in [4.69, 9.17) is 4.74 Å². The van der Waals surface area contributed by atoms with Crippen molar-refractivity contribution in [3.05, 3.63) is 65.7 Å². The number of nitrogens with one attached hydrogen (secondary N) is 1. The largest absolute Gasteiger partial charge is 0.494 e. The van der Waals surface area contributed by atoms with Crippen LogP contribution in [0.5, 0.6) is 5.75 Å². The summed E-state index contributed by atoms with van der Waals surface area (Å²) in [4.78, 5) is 12.1. The molecular formula is C19H23NO3. The Balaban J connectivity index is 1.84. The maximum atomic E-state index is 12.1. The van der Waals surface area contributed by atoms with Crippen LogP contribution in [0.3, 0.4) is 0 Å². The van der Waals surface area contributed by atoms with Crippen LogP contribution in [0.25, 0.3) is 0 Å². The highest BCUT2D eigenvalue weighted by Crippen LogP contribution is 2.13. The number of aliphatic hydroxyl groups is 1. The molecule has 0 fully saturated rings. The molecule has 0 saturated heterocycles. The molecule has 1 unspecified atom stereocenters. The molecule has 0 aliphatic rings. The van der Waals surface area contributed by atoms with Crippen molar-refractivity contribution in [1.82, 2.24) is 5.32 Å². The van der Waals surface area contributed by atoms with Gasteiger partial charge in [-0.15, -0.1) is 0 Å². The average Bonchev–Trinajstić information content (AvgIpc) is 2.59. The van der Waals surface area contributed by atoms with E-state index in [1.54, 1.807) is 18.2 Å². The van der Waals surface area contributed by atoms with Gasteiger partial charge in [-0.3, -0.25) is 4.79 Å². The highest BCUT2D eigenvalue weighted by atomic mass is 16.5. The van der Waals surface area contributed by atoms with Crippen molar-refractivity contribution in [1.29, 1.82) is 0 Å². The monoisotopic (exact) mass is 313 g/mol. The molecule has 0 spiro atoms. The number of rotatable bonds is 8. The number of benzene rings is 2.